The minimum atomic E-state index is -1.07. The van der Waals surface area contributed by atoms with Gasteiger partial charge in [-0.1, -0.05) is 341 Å². The normalized spacial score (nSPS) is 13.1. The predicted octanol–water partition coefficient (Wildman–Crippen LogP) is 18.9. The van der Waals surface area contributed by atoms with Crippen molar-refractivity contribution in [2.24, 2.45) is 0 Å². The summed E-state index contributed by atoms with van der Waals surface area (Å²) in [6, 6.07) is -0.708. The quantitative estimate of drug-likeness (QED) is 0.0458. The van der Waals surface area contributed by atoms with Gasteiger partial charge in [0.15, 0.2) is 0 Å². The third-order valence-corrected chi connectivity index (χ3v) is 14.7. The monoisotopic (exact) mass is 920 g/mol. The van der Waals surface area contributed by atoms with Crippen molar-refractivity contribution in [3.05, 3.63) is 0 Å². The van der Waals surface area contributed by atoms with E-state index in [-0.39, 0.29) is 6.61 Å². The summed E-state index contributed by atoms with van der Waals surface area (Å²) in [4.78, 5) is 12.6. The van der Waals surface area contributed by atoms with Gasteiger partial charge in [0, 0.05) is 0 Å². The molecule has 0 saturated carbocycles. The third kappa shape index (κ3) is 51.0. The molecule has 0 spiro atoms. The van der Waals surface area contributed by atoms with Gasteiger partial charge in [-0.25, -0.2) is 0 Å². The standard InChI is InChI=1S/C60H121NO4/c1-3-5-7-9-11-13-15-17-19-21-23-25-27-29-31-33-35-37-39-41-43-45-47-49-51-53-55-59(64)60(65)61-57(56-62)58(63)54-52-50-48-46-44-42-40-38-36-34-32-30-28-26-24-22-20-18-16-14-12-10-8-6-4-2/h57-59,62-64H,3-56H2,1-2H3,(H,61,65). The zero-order chi connectivity index (χ0) is 47.2. The van der Waals surface area contributed by atoms with Gasteiger partial charge >= 0.3 is 0 Å². The first-order chi connectivity index (χ1) is 32.1. The molecule has 65 heavy (non-hydrogen) atoms. The van der Waals surface area contributed by atoms with E-state index < -0.39 is 24.2 Å². The molecule has 390 valence electrons. The Morgan fingerprint density at radius 2 is 0.492 bits per heavy atom. The average molecular weight is 921 g/mol. The zero-order valence-corrected chi connectivity index (χ0v) is 44.7. The number of unbranched alkanes of at least 4 members (excludes halogenated alkanes) is 49. The smallest absolute Gasteiger partial charge is 0.249 e. The maximum absolute atomic E-state index is 12.6. The molecule has 0 aliphatic carbocycles. The van der Waals surface area contributed by atoms with Crippen molar-refractivity contribution in [2.75, 3.05) is 6.61 Å². The lowest BCUT2D eigenvalue weighted by Crippen LogP contribution is -2.49. The van der Waals surface area contributed by atoms with E-state index in [0.29, 0.717) is 12.8 Å². The fraction of sp³-hybridized carbons (Fsp3) is 0.983. The Bertz CT molecular complexity index is 883. The summed E-state index contributed by atoms with van der Waals surface area (Å²) in [5.41, 5.74) is 0. The third-order valence-electron chi connectivity index (χ3n) is 14.7. The summed E-state index contributed by atoms with van der Waals surface area (Å²) in [5, 5.41) is 33.6. The highest BCUT2D eigenvalue weighted by atomic mass is 16.3. The Labute approximate surface area is 408 Å². The Balaban J connectivity index is 3.47. The Kier molecular flexibility index (Phi) is 55.4. The number of carbonyl (C=O) groups excluding carboxylic acids is 1. The fourth-order valence-electron chi connectivity index (χ4n) is 10.0. The number of hydrogen-bond acceptors (Lipinski definition) is 4. The van der Waals surface area contributed by atoms with E-state index in [2.05, 4.69) is 19.2 Å². The van der Waals surface area contributed by atoms with E-state index in [1.165, 1.54) is 295 Å². The lowest BCUT2D eigenvalue weighted by atomic mass is 10.0. The van der Waals surface area contributed by atoms with E-state index in [9.17, 15) is 20.1 Å². The van der Waals surface area contributed by atoms with Crippen molar-refractivity contribution in [2.45, 2.75) is 372 Å². The van der Waals surface area contributed by atoms with E-state index in [0.717, 1.165) is 32.1 Å². The highest BCUT2D eigenvalue weighted by Crippen LogP contribution is 2.19. The van der Waals surface area contributed by atoms with Gasteiger partial charge in [-0.05, 0) is 12.8 Å². The first-order valence-corrected chi connectivity index (χ1v) is 30.3. The SMILES string of the molecule is CCCCCCCCCCCCCCCCCCCCCCCCCCCCC(O)C(=O)NC(CO)C(O)CCCCCCCCCCCCCCCCCCCCCCCCCCC. The molecular weight excluding hydrogens is 799 g/mol. The summed E-state index contributed by atoms with van der Waals surface area (Å²) >= 11 is 0. The lowest BCUT2D eigenvalue weighted by Gasteiger charge is -2.23. The van der Waals surface area contributed by atoms with E-state index >= 15 is 0 Å². The molecule has 0 fully saturated rings. The number of nitrogens with one attached hydrogen (secondary N) is 1. The topological polar surface area (TPSA) is 89.8 Å². The molecule has 3 atom stereocenters. The molecule has 0 aliphatic rings. The number of rotatable bonds is 57. The Hall–Kier alpha value is -0.650. The summed E-state index contributed by atoms with van der Waals surface area (Å²) in [5.74, 6) is -0.461. The van der Waals surface area contributed by atoms with Gasteiger partial charge in [-0.15, -0.1) is 0 Å². The second kappa shape index (κ2) is 55.9. The van der Waals surface area contributed by atoms with Crippen LogP contribution in [-0.2, 0) is 4.79 Å². The largest absolute Gasteiger partial charge is 0.394 e. The van der Waals surface area contributed by atoms with Crippen LogP contribution in [-0.4, -0.2) is 46.1 Å². The summed E-state index contributed by atoms with van der Waals surface area (Å²) in [6.07, 6.45) is 68.8. The van der Waals surface area contributed by atoms with Crippen LogP contribution in [0.5, 0.6) is 0 Å². The van der Waals surface area contributed by atoms with Crippen LogP contribution in [0.25, 0.3) is 0 Å². The molecule has 0 radical (unpaired) electrons. The molecule has 0 saturated heterocycles. The maximum atomic E-state index is 12.6. The first kappa shape index (κ1) is 64.3. The molecule has 0 aromatic heterocycles. The van der Waals surface area contributed by atoms with Crippen LogP contribution in [0.4, 0.5) is 0 Å². The number of hydrogen-bond donors (Lipinski definition) is 4. The summed E-state index contributed by atoms with van der Waals surface area (Å²) < 4.78 is 0. The maximum Gasteiger partial charge on any atom is 0.249 e. The van der Waals surface area contributed by atoms with Crippen molar-refractivity contribution >= 4 is 5.91 Å². The minimum absolute atomic E-state index is 0.307. The van der Waals surface area contributed by atoms with Crippen molar-refractivity contribution in [3.63, 3.8) is 0 Å². The van der Waals surface area contributed by atoms with Gasteiger partial charge in [-0.2, -0.15) is 0 Å². The number of aliphatic hydroxyl groups excluding tert-OH is 3. The highest BCUT2D eigenvalue weighted by Gasteiger charge is 2.23. The van der Waals surface area contributed by atoms with Crippen LogP contribution >= 0.6 is 0 Å². The molecule has 0 aromatic carbocycles. The molecule has 4 N–H and O–H groups in total. The second-order valence-electron chi connectivity index (χ2n) is 21.3. The van der Waals surface area contributed by atoms with Crippen molar-refractivity contribution in [1.29, 1.82) is 0 Å². The van der Waals surface area contributed by atoms with Gasteiger partial charge in [-0.3, -0.25) is 4.79 Å². The van der Waals surface area contributed by atoms with Crippen LogP contribution < -0.4 is 5.32 Å². The van der Waals surface area contributed by atoms with E-state index in [1.807, 2.05) is 0 Å². The zero-order valence-electron chi connectivity index (χ0n) is 44.7. The van der Waals surface area contributed by atoms with Crippen LogP contribution in [0.1, 0.15) is 354 Å². The molecule has 5 nitrogen and oxygen atoms in total. The highest BCUT2D eigenvalue weighted by molar-refractivity contribution is 5.80. The number of aliphatic hydroxyl groups is 3. The lowest BCUT2D eigenvalue weighted by molar-refractivity contribution is -0.131. The van der Waals surface area contributed by atoms with Gasteiger partial charge in [0.25, 0.3) is 0 Å². The molecule has 0 heterocycles. The molecule has 0 aliphatic heterocycles. The van der Waals surface area contributed by atoms with Crippen LogP contribution in [0, 0.1) is 0 Å². The number of carbonyl (C=O) groups is 1. The predicted molar refractivity (Wildman–Crippen MR) is 287 cm³/mol. The fourth-order valence-corrected chi connectivity index (χ4v) is 10.0. The second-order valence-corrected chi connectivity index (χ2v) is 21.3. The summed E-state index contributed by atoms with van der Waals surface area (Å²) in [7, 11) is 0. The van der Waals surface area contributed by atoms with Gasteiger partial charge in [0.1, 0.15) is 6.10 Å². The molecule has 0 bridgehead atoms. The molecule has 3 unspecified atom stereocenters. The van der Waals surface area contributed by atoms with Crippen molar-refractivity contribution < 1.29 is 20.1 Å². The number of amides is 1. The Morgan fingerprint density at radius 1 is 0.308 bits per heavy atom. The summed E-state index contributed by atoms with van der Waals surface area (Å²) in [6.45, 7) is 4.29. The van der Waals surface area contributed by atoms with Crippen molar-refractivity contribution in [1.82, 2.24) is 5.32 Å². The van der Waals surface area contributed by atoms with Crippen LogP contribution in [0.3, 0.4) is 0 Å². The minimum Gasteiger partial charge on any atom is -0.394 e. The molecule has 0 rings (SSSR count). The van der Waals surface area contributed by atoms with Crippen molar-refractivity contribution in [3.8, 4) is 0 Å². The Morgan fingerprint density at radius 3 is 0.692 bits per heavy atom. The van der Waals surface area contributed by atoms with E-state index in [1.54, 1.807) is 0 Å². The molecule has 5 heteroatoms. The van der Waals surface area contributed by atoms with Gasteiger partial charge in [0.2, 0.25) is 5.91 Å². The average Bonchev–Trinajstić information content (AvgIpc) is 3.31. The molecular formula is C60H121NO4. The van der Waals surface area contributed by atoms with Gasteiger partial charge in [0.05, 0.1) is 18.8 Å². The van der Waals surface area contributed by atoms with Gasteiger partial charge < -0.3 is 20.6 Å². The molecule has 1 amide bonds. The first-order valence-electron chi connectivity index (χ1n) is 30.3. The molecule has 0 aromatic rings. The van der Waals surface area contributed by atoms with Crippen LogP contribution in [0.15, 0.2) is 0 Å². The van der Waals surface area contributed by atoms with E-state index in [4.69, 9.17) is 0 Å². The van der Waals surface area contributed by atoms with Crippen LogP contribution in [0.2, 0.25) is 0 Å².